The number of hydrogen-bond donors (Lipinski definition) is 3. The number of piperazine rings is 1. The van der Waals surface area contributed by atoms with Gasteiger partial charge < -0.3 is 29.4 Å². The Kier molecular flexibility index (Phi) is 14.1. The first-order valence-electron chi connectivity index (χ1n) is 24.8. The van der Waals surface area contributed by atoms with Gasteiger partial charge in [-0.15, -0.1) is 0 Å². The lowest BCUT2D eigenvalue weighted by atomic mass is 9.84. The number of carbonyl (C=O) groups excluding carboxylic acids is 6. The molecule has 6 atom stereocenters. The van der Waals surface area contributed by atoms with Crippen LogP contribution >= 0.6 is 0 Å². The molecule has 5 aromatic rings. The van der Waals surface area contributed by atoms with E-state index in [4.69, 9.17) is 9.47 Å². The number of nitrogens with zero attached hydrogens (tertiary/aromatic N) is 6. The maximum Gasteiger partial charge on any atom is 0.324 e. The number of rotatable bonds is 12. The zero-order chi connectivity index (χ0) is 51.2. The van der Waals surface area contributed by atoms with Gasteiger partial charge in [-0.1, -0.05) is 70.2 Å². The van der Waals surface area contributed by atoms with Gasteiger partial charge in [-0.05, 0) is 95.8 Å². The molecule has 17 heteroatoms. The lowest BCUT2D eigenvalue weighted by Crippen LogP contribution is -2.62. The van der Waals surface area contributed by atoms with Crippen molar-refractivity contribution in [2.45, 2.75) is 110 Å². The van der Waals surface area contributed by atoms with Crippen molar-refractivity contribution in [1.82, 2.24) is 40.0 Å². The second-order valence-electron chi connectivity index (χ2n) is 20.7. The Labute approximate surface area is 419 Å². The number of cyclic esters (lactones) is 1. The Morgan fingerprint density at radius 3 is 2.44 bits per heavy atom. The summed E-state index contributed by atoms with van der Waals surface area (Å²) in [6, 6.07) is 18.3. The second kappa shape index (κ2) is 20.3. The fraction of sp³-hybridized carbons (Fsp3) is 0.436. The quantitative estimate of drug-likeness (QED) is 0.0862. The normalized spacial score (nSPS) is 22.4. The van der Waals surface area contributed by atoms with Crippen LogP contribution in [0, 0.1) is 11.3 Å². The molecular weight excluding hydrogens is 917 g/mol. The van der Waals surface area contributed by atoms with Gasteiger partial charge in [0, 0.05) is 74.5 Å². The summed E-state index contributed by atoms with van der Waals surface area (Å²) in [5, 5.41) is 16.6. The predicted octanol–water partition coefficient (Wildman–Crippen LogP) is 5.00. The van der Waals surface area contributed by atoms with Crippen molar-refractivity contribution in [2.24, 2.45) is 11.3 Å². The number of benzene rings is 3. The third-order valence-corrected chi connectivity index (χ3v) is 14.5. The zero-order valence-electron chi connectivity index (χ0n) is 42.0. The SMILES string of the molecule is CCn1c(-c2cnccc2COC)c2c3cc(ccc31)-c1cc(O)cc(c1)C[C@H](NC(=O)[C@H](C(C)C)N(C)C(=O)CN1C(=O)[C@@H]3[C@H](C1=O)N3Cc1ccccc1)C(=O)N1CCC[C@H](N1)C(=O)OCC(C)(C)C2. The number of ether oxygens (including phenoxy) is 2. The molecule has 9 rings (SSSR count). The van der Waals surface area contributed by atoms with Crippen LogP contribution in [-0.2, 0) is 70.8 Å². The van der Waals surface area contributed by atoms with Gasteiger partial charge in [0.05, 0.1) is 18.9 Å². The van der Waals surface area contributed by atoms with Crippen molar-refractivity contribution in [1.29, 1.82) is 0 Å². The summed E-state index contributed by atoms with van der Waals surface area (Å²) in [5.74, 6) is -3.70. The number of aromatic nitrogens is 2. The van der Waals surface area contributed by atoms with Crippen molar-refractivity contribution in [3.8, 4) is 28.1 Å². The number of likely N-dealkylation sites (tertiary alicyclic amines) is 1. The van der Waals surface area contributed by atoms with E-state index in [0.29, 0.717) is 50.1 Å². The number of esters is 1. The summed E-state index contributed by atoms with van der Waals surface area (Å²) in [7, 11) is 3.11. The van der Waals surface area contributed by atoms with E-state index in [1.807, 2.05) is 54.7 Å². The maximum atomic E-state index is 14.8. The molecule has 4 aliphatic rings. The van der Waals surface area contributed by atoms with E-state index in [1.54, 1.807) is 44.2 Å². The fourth-order valence-electron chi connectivity index (χ4n) is 10.9. The summed E-state index contributed by atoms with van der Waals surface area (Å²) >= 11 is 0. The fourth-order valence-corrected chi connectivity index (χ4v) is 10.9. The molecule has 6 heterocycles. The Bertz CT molecular complexity index is 2910. The van der Waals surface area contributed by atoms with Crippen molar-refractivity contribution in [3.05, 3.63) is 107 Å². The van der Waals surface area contributed by atoms with Crippen molar-refractivity contribution < 1.29 is 43.3 Å². The molecule has 0 spiro atoms. The Hall–Kier alpha value is -6.95. The number of carbonyl (C=O) groups is 6. The molecular formula is C55H64N8O9. The number of hydrogen-bond acceptors (Lipinski definition) is 12. The molecule has 5 amide bonds. The molecule has 1 unspecified atom stereocenters. The second-order valence-corrected chi connectivity index (χ2v) is 20.7. The van der Waals surface area contributed by atoms with Gasteiger partial charge in [-0.25, -0.2) is 5.43 Å². The Morgan fingerprint density at radius 2 is 1.74 bits per heavy atom. The Balaban J connectivity index is 1.03. The number of methoxy groups -OCH3 is 1. The van der Waals surface area contributed by atoms with E-state index in [2.05, 4.69) is 53.2 Å². The van der Waals surface area contributed by atoms with E-state index >= 15 is 0 Å². The monoisotopic (exact) mass is 980 g/mol. The summed E-state index contributed by atoms with van der Waals surface area (Å²) in [5.41, 5.74) is 10.5. The molecule has 6 bridgehead atoms. The number of imide groups is 1. The summed E-state index contributed by atoms with van der Waals surface area (Å²) in [4.78, 5) is 92.8. The summed E-state index contributed by atoms with van der Waals surface area (Å²) in [6.45, 7) is 11.0. The molecule has 3 N–H and O–H groups in total. The molecule has 72 heavy (non-hydrogen) atoms. The number of aryl methyl sites for hydroxylation is 1. The molecule has 3 aromatic carbocycles. The number of aromatic hydroxyl groups is 1. The molecule has 2 aromatic heterocycles. The number of likely N-dealkylation sites (N-methyl/N-ethyl adjacent to an activating group) is 1. The lowest BCUT2D eigenvalue weighted by molar-refractivity contribution is -0.156. The highest BCUT2D eigenvalue weighted by Crippen LogP contribution is 2.42. The van der Waals surface area contributed by atoms with E-state index in [0.717, 1.165) is 49.3 Å². The van der Waals surface area contributed by atoms with E-state index in [1.165, 1.54) is 17.0 Å². The van der Waals surface area contributed by atoms with Crippen LogP contribution in [0.2, 0.25) is 0 Å². The van der Waals surface area contributed by atoms with Gasteiger partial charge in [0.2, 0.25) is 23.6 Å². The maximum absolute atomic E-state index is 14.8. The largest absolute Gasteiger partial charge is 0.508 e. The number of hydrazine groups is 1. The highest BCUT2D eigenvalue weighted by molar-refractivity contribution is 6.14. The minimum Gasteiger partial charge on any atom is -0.508 e. The number of amides is 5. The minimum absolute atomic E-state index is 0.0432. The predicted molar refractivity (Wildman–Crippen MR) is 268 cm³/mol. The number of nitrogens with one attached hydrogen (secondary N) is 2. The van der Waals surface area contributed by atoms with Gasteiger partial charge >= 0.3 is 5.97 Å². The highest BCUT2D eigenvalue weighted by atomic mass is 16.5. The topological polar surface area (TPSA) is 196 Å². The van der Waals surface area contributed by atoms with Gasteiger partial charge in [0.1, 0.15) is 42.5 Å². The minimum atomic E-state index is -1.24. The van der Waals surface area contributed by atoms with Gasteiger partial charge in [-0.2, -0.15) is 0 Å². The standard InChI is InChI=1S/C55H64N8O9/c1-8-60-44-17-16-35-25-39(44)40(47(60)41-27-56-19-18-36(41)30-71-7)26-55(4,5)31-72-54(70)42-15-12-20-63(58-42)51(67)43(23-34-21-37(35)24-38(64)22-34)57-50(66)46(32(2)3)59(6)45(65)29-62-52(68)48-49(53(62)69)61(48)28-33-13-10-9-11-14-33/h9-11,13-14,16-19,21-22,24-25,27,32,42-43,46,48-49,58,64H,8,12,15,20,23,26,28-31H2,1-7H3,(H,57,66)/t42-,43-,46-,48-,49+,61?/m0/s1. The first-order chi connectivity index (χ1) is 34.5. The third kappa shape index (κ3) is 9.84. The smallest absolute Gasteiger partial charge is 0.324 e. The summed E-state index contributed by atoms with van der Waals surface area (Å²) < 4.78 is 14.0. The molecule has 4 aliphatic heterocycles. The van der Waals surface area contributed by atoms with E-state index in [-0.39, 0.29) is 25.3 Å². The van der Waals surface area contributed by atoms with Crippen LogP contribution < -0.4 is 10.7 Å². The molecule has 378 valence electrons. The van der Waals surface area contributed by atoms with Crippen molar-refractivity contribution in [3.63, 3.8) is 0 Å². The van der Waals surface area contributed by atoms with Crippen LogP contribution in [0.25, 0.3) is 33.3 Å². The van der Waals surface area contributed by atoms with Crippen molar-refractivity contribution in [2.75, 3.05) is 33.9 Å². The van der Waals surface area contributed by atoms with Crippen LogP contribution in [-0.4, -0.2) is 134 Å². The first kappa shape index (κ1) is 50.0. The van der Waals surface area contributed by atoms with Gasteiger partial charge in [0.15, 0.2) is 0 Å². The van der Waals surface area contributed by atoms with Crippen LogP contribution in [0.3, 0.4) is 0 Å². The van der Waals surface area contributed by atoms with Crippen molar-refractivity contribution >= 4 is 46.4 Å². The zero-order valence-corrected chi connectivity index (χ0v) is 42.0. The number of phenols is 1. The van der Waals surface area contributed by atoms with Crippen LogP contribution in [0.15, 0.2) is 85.2 Å². The molecule has 0 saturated carbocycles. The van der Waals surface area contributed by atoms with Gasteiger partial charge in [-0.3, -0.25) is 48.6 Å². The number of phenolic OH excluding ortho intramolecular Hbond substituents is 1. The molecule has 3 saturated heterocycles. The number of fused-ring (bicyclic) bond motifs is 7. The lowest BCUT2D eigenvalue weighted by Gasteiger charge is -2.37. The average molecular weight is 981 g/mol. The molecule has 0 aliphatic carbocycles. The van der Waals surface area contributed by atoms with E-state index < -0.39 is 83.6 Å². The first-order valence-corrected chi connectivity index (χ1v) is 24.8. The molecule has 3 fully saturated rings. The van der Waals surface area contributed by atoms with Crippen LogP contribution in [0.5, 0.6) is 5.75 Å². The highest BCUT2D eigenvalue weighted by Gasteiger charge is 2.66. The van der Waals surface area contributed by atoms with Gasteiger partial charge in [0.25, 0.3) is 5.91 Å². The van der Waals surface area contributed by atoms with Crippen LogP contribution in [0.1, 0.15) is 69.7 Å². The third-order valence-electron chi connectivity index (χ3n) is 14.5. The average Bonchev–Trinajstić information content (AvgIpc) is 3.91. The molecule has 0 radical (unpaired) electrons. The van der Waals surface area contributed by atoms with Crippen LogP contribution in [0.4, 0.5) is 0 Å². The number of pyridine rings is 1. The Morgan fingerprint density at radius 1 is 0.986 bits per heavy atom. The summed E-state index contributed by atoms with van der Waals surface area (Å²) in [6.07, 6.45) is 4.96. The molecule has 17 nitrogen and oxygen atoms in total. The van der Waals surface area contributed by atoms with E-state index in [9.17, 15) is 33.9 Å².